The first-order chi connectivity index (χ1) is 12.4. The lowest BCUT2D eigenvalue weighted by Gasteiger charge is -2.37. The van der Waals surface area contributed by atoms with Gasteiger partial charge in [-0.05, 0) is 18.7 Å². The number of benzene rings is 1. The number of halogens is 1. The summed E-state index contributed by atoms with van der Waals surface area (Å²) in [5.74, 6) is -1.87. The average molecular weight is 424 g/mol. The molecule has 0 spiro atoms. The molecule has 1 aromatic heterocycles. The maximum atomic E-state index is 12.1. The molecule has 2 N–H and O–H groups in total. The second-order valence-corrected chi connectivity index (χ2v) is 7.39. The number of carboxylic acids is 2. The van der Waals surface area contributed by atoms with Crippen molar-refractivity contribution in [1.29, 1.82) is 0 Å². The fourth-order valence-electron chi connectivity index (χ4n) is 3.61. The van der Waals surface area contributed by atoms with Crippen LogP contribution < -0.4 is 0 Å². The van der Waals surface area contributed by atoms with Gasteiger partial charge in [0.2, 0.25) is 0 Å². The molecule has 26 heavy (non-hydrogen) atoms. The molecule has 0 radical (unpaired) electrons. The molecule has 1 fully saturated rings. The van der Waals surface area contributed by atoms with Crippen molar-refractivity contribution in [3.63, 3.8) is 0 Å². The van der Waals surface area contributed by atoms with Gasteiger partial charge in [0.1, 0.15) is 12.6 Å². The highest BCUT2D eigenvalue weighted by Crippen LogP contribution is 2.32. The Labute approximate surface area is 159 Å². The highest BCUT2D eigenvalue weighted by molar-refractivity contribution is 9.10. The molecule has 0 unspecified atom stereocenters. The number of fused-ring (bicyclic) bond motifs is 1. The van der Waals surface area contributed by atoms with Gasteiger partial charge in [-0.15, -0.1) is 0 Å². The van der Waals surface area contributed by atoms with Crippen molar-refractivity contribution in [1.82, 2.24) is 14.4 Å². The van der Waals surface area contributed by atoms with Gasteiger partial charge in [0, 0.05) is 47.8 Å². The molecule has 0 aliphatic carbocycles. The molecule has 1 aliphatic heterocycles. The molecule has 0 saturated carbocycles. The van der Waals surface area contributed by atoms with Crippen molar-refractivity contribution in [2.45, 2.75) is 19.5 Å². The summed E-state index contributed by atoms with van der Waals surface area (Å²) in [6, 6.07) is 4.75. The molecule has 7 nitrogen and oxygen atoms in total. The van der Waals surface area contributed by atoms with Gasteiger partial charge in [-0.2, -0.15) is 0 Å². The Morgan fingerprint density at radius 1 is 1.19 bits per heavy atom. The lowest BCUT2D eigenvalue weighted by Crippen LogP contribution is -2.49. The Kier molecular flexibility index (Phi) is 5.64. The third-order valence-electron chi connectivity index (χ3n) is 4.93. The van der Waals surface area contributed by atoms with Crippen LogP contribution in [-0.4, -0.2) is 69.2 Å². The minimum absolute atomic E-state index is 0.205. The molecule has 2 heterocycles. The normalized spacial score (nSPS) is 17.5. The van der Waals surface area contributed by atoms with E-state index >= 15 is 0 Å². The van der Waals surface area contributed by atoms with E-state index in [4.69, 9.17) is 0 Å². The molecular formula is C18H22BrN3O4. The summed E-state index contributed by atoms with van der Waals surface area (Å²) in [5, 5.41) is 19.9. The quantitative estimate of drug-likeness (QED) is 0.740. The summed E-state index contributed by atoms with van der Waals surface area (Å²) in [6.07, 6.45) is 1.68. The zero-order valence-corrected chi connectivity index (χ0v) is 16.1. The van der Waals surface area contributed by atoms with Crippen molar-refractivity contribution in [3.8, 4) is 0 Å². The molecule has 3 rings (SSSR count). The van der Waals surface area contributed by atoms with Crippen LogP contribution in [0.3, 0.4) is 0 Å². The molecule has 140 valence electrons. The summed E-state index contributed by atoms with van der Waals surface area (Å²) in [7, 11) is 0. The van der Waals surface area contributed by atoms with Gasteiger partial charge in [0.05, 0.1) is 5.52 Å². The molecule has 8 heteroatoms. The summed E-state index contributed by atoms with van der Waals surface area (Å²) in [6.45, 7) is 5.86. The first-order valence-electron chi connectivity index (χ1n) is 8.60. The number of aliphatic carboxylic acids is 2. The number of rotatable bonds is 6. The summed E-state index contributed by atoms with van der Waals surface area (Å²) in [5.41, 5.74) is 1.36. The highest BCUT2D eigenvalue weighted by Gasteiger charge is 2.32. The van der Waals surface area contributed by atoms with Crippen molar-refractivity contribution in [3.05, 3.63) is 34.4 Å². The van der Waals surface area contributed by atoms with Crippen LogP contribution in [0, 0.1) is 0 Å². The van der Waals surface area contributed by atoms with Crippen LogP contribution in [0.2, 0.25) is 0 Å². The smallest absolute Gasteiger partial charge is 0.325 e. The van der Waals surface area contributed by atoms with E-state index in [2.05, 4.69) is 27.8 Å². The Hall–Kier alpha value is -1.90. The molecule has 0 bridgehead atoms. The van der Waals surface area contributed by atoms with E-state index in [-0.39, 0.29) is 6.54 Å². The Morgan fingerprint density at radius 2 is 1.88 bits per heavy atom. The first-order valence-corrected chi connectivity index (χ1v) is 9.39. The maximum Gasteiger partial charge on any atom is 0.325 e. The molecule has 2 aromatic rings. The molecule has 1 aromatic carbocycles. The van der Waals surface area contributed by atoms with Crippen molar-refractivity contribution in [2.24, 2.45) is 0 Å². The van der Waals surface area contributed by atoms with E-state index in [0.717, 1.165) is 35.0 Å². The third-order valence-corrected chi connectivity index (χ3v) is 5.42. The van der Waals surface area contributed by atoms with Crippen LogP contribution in [0.25, 0.3) is 10.9 Å². The SMILES string of the molecule is CCN1CCN([C@H](C(=O)O)c2cn(CC(=O)O)c3cc(Br)ccc23)CC1. The number of hydrogen-bond donors (Lipinski definition) is 2. The van der Waals surface area contributed by atoms with Gasteiger partial charge in [-0.25, -0.2) is 0 Å². The van der Waals surface area contributed by atoms with Crippen LogP contribution in [0.4, 0.5) is 0 Å². The number of piperazine rings is 1. The number of hydrogen-bond acceptors (Lipinski definition) is 4. The van der Waals surface area contributed by atoms with Crippen LogP contribution >= 0.6 is 15.9 Å². The summed E-state index contributed by atoms with van der Waals surface area (Å²) < 4.78 is 2.43. The monoisotopic (exact) mass is 423 g/mol. The van der Waals surface area contributed by atoms with E-state index in [0.29, 0.717) is 18.7 Å². The predicted octanol–water partition coefficient (Wildman–Crippen LogP) is 2.25. The summed E-state index contributed by atoms with van der Waals surface area (Å²) in [4.78, 5) is 27.6. The number of nitrogens with zero attached hydrogens (tertiary/aromatic N) is 3. The molecule has 0 amide bonds. The van der Waals surface area contributed by atoms with Crippen molar-refractivity contribution >= 4 is 38.8 Å². The Balaban J connectivity index is 2.03. The molecule has 1 saturated heterocycles. The van der Waals surface area contributed by atoms with E-state index < -0.39 is 18.0 Å². The van der Waals surface area contributed by atoms with Crippen LogP contribution in [0.15, 0.2) is 28.9 Å². The van der Waals surface area contributed by atoms with Gasteiger partial charge in [0.25, 0.3) is 0 Å². The number of carbonyl (C=O) groups is 2. The fraction of sp³-hybridized carbons (Fsp3) is 0.444. The van der Waals surface area contributed by atoms with Gasteiger partial charge in [-0.1, -0.05) is 28.9 Å². The van der Waals surface area contributed by atoms with Gasteiger partial charge >= 0.3 is 11.9 Å². The maximum absolute atomic E-state index is 12.1. The van der Waals surface area contributed by atoms with Gasteiger partial charge in [0.15, 0.2) is 0 Å². The van der Waals surface area contributed by atoms with Crippen molar-refractivity contribution in [2.75, 3.05) is 32.7 Å². The zero-order valence-electron chi connectivity index (χ0n) is 14.6. The van der Waals surface area contributed by atoms with Gasteiger partial charge < -0.3 is 19.7 Å². The number of carboxylic acid groups (broad SMARTS) is 2. The van der Waals surface area contributed by atoms with Gasteiger partial charge in [-0.3, -0.25) is 14.5 Å². The van der Waals surface area contributed by atoms with E-state index in [9.17, 15) is 19.8 Å². The van der Waals surface area contributed by atoms with Crippen LogP contribution in [-0.2, 0) is 16.1 Å². The highest BCUT2D eigenvalue weighted by atomic mass is 79.9. The molecule has 1 atom stereocenters. The van der Waals surface area contributed by atoms with Crippen molar-refractivity contribution < 1.29 is 19.8 Å². The summed E-state index contributed by atoms with van der Waals surface area (Å²) >= 11 is 3.41. The largest absolute Gasteiger partial charge is 0.480 e. The predicted molar refractivity (Wildman–Crippen MR) is 101 cm³/mol. The lowest BCUT2D eigenvalue weighted by atomic mass is 10.0. The minimum atomic E-state index is -0.961. The second kappa shape index (κ2) is 7.77. The van der Waals surface area contributed by atoms with Crippen LogP contribution in [0.5, 0.6) is 0 Å². The van der Waals surface area contributed by atoms with E-state index in [1.165, 1.54) is 0 Å². The number of likely N-dealkylation sites (N-methyl/N-ethyl adjacent to an activating group) is 1. The molecule has 1 aliphatic rings. The van der Waals surface area contributed by atoms with E-state index in [1.807, 2.05) is 23.1 Å². The topological polar surface area (TPSA) is 86.0 Å². The van der Waals surface area contributed by atoms with Crippen LogP contribution in [0.1, 0.15) is 18.5 Å². The minimum Gasteiger partial charge on any atom is -0.480 e. The molecular weight excluding hydrogens is 402 g/mol. The Bertz CT molecular complexity index is 827. The second-order valence-electron chi connectivity index (χ2n) is 6.48. The zero-order chi connectivity index (χ0) is 18.8. The van der Waals surface area contributed by atoms with E-state index in [1.54, 1.807) is 10.8 Å². The third kappa shape index (κ3) is 3.77. The first kappa shape index (κ1) is 18.9. The number of aromatic nitrogens is 1. The standard InChI is InChI=1S/C18H22BrN3O4/c1-2-20-5-7-21(8-6-20)17(18(25)26)14-10-22(11-16(23)24)15-9-12(19)3-4-13(14)15/h3-4,9-10,17H,2,5-8,11H2,1H3,(H,23,24)(H,25,26)/t17-/m0/s1. The lowest BCUT2D eigenvalue weighted by molar-refractivity contribution is -0.144. The average Bonchev–Trinajstić information content (AvgIpc) is 2.92. The fourth-order valence-corrected chi connectivity index (χ4v) is 3.96. The Morgan fingerprint density at radius 3 is 2.46 bits per heavy atom.